The SMILES string of the molecule is CCn1ncc(Br)c1C(Cc1c(Cl)cccc1Cl)NN. The van der Waals surface area contributed by atoms with Crippen LogP contribution in [0.25, 0.3) is 0 Å². The van der Waals surface area contributed by atoms with Crippen molar-refractivity contribution in [2.45, 2.75) is 25.9 Å². The van der Waals surface area contributed by atoms with E-state index in [1.807, 2.05) is 29.8 Å². The van der Waals surface area contributed by atoms with Crippen molar-refractivity contribution in [1.29, 1.82) is 0 Å². The van der Waals surface area contributed by atoms with Crippen LogP contribution >= 0.6 is 39.1 Å². The highest BCUT2D eigenvalue weighted by Crippen LogP contribution is 2.31. The van der Waals surface area contributed by atoms with Gasteiger partial charge in [0.1, 0.15) is 0 Å². The maximum atomic E-state index is 6.22. The summed E-state index contributed by atoms with van der Waals surface area (Å²) >= 11 is 15.9. The van der Waals surface area contributed by atoms with Gasteiger partial charge in [-0.3, -0.25) is 16.0 Å². The molecule has 3 N–H and O–H groups in total. The second kappa shape index (κ2) is 6.91. The predicted octanol–water partition coefficient (Wildman–Crippen LogP) is 3.72. The van der Waals surface area contributed by atoms with Gasteiger partial charge in [0.15, 0.2) is 0 Å². The van der Waals surface area contributed by atoms with E-state index in [1.165, 1.54) is 0 Å². The van der Waals surface area contributed by atoms with Crippen molar-refractivity contribution < 1.29 is 0 Å². The molecule has 1 unspecified atom stereocenters. The standard InChI is InChI=1S/C13H15BrCl2N4/c1-2-20-13(9(14)7-18-20)12(19-17)6-8-10(15)4-3-5-11(8)16/h3-5,7,12,19H,2,6,17H2,1H3. The van der Waals surface area contributed by atoms with E-state index in [2.05, 4.69) is 26.5 Å². The van der Waals surface area contributed by atoms with Gasteiger partial charge in [-0.05, 0) is 47.0 Å². The van der Waals surface area contributed by atoms with Crippen molar-refractivity contribution in [3.05, 3.63) is 50.2 Å². The highest BCUT2D eigenvalue weighted by Gasteiger charge is 2.21. The first-order valence-corrected chi connectivity index (χ1v) is 7.73. The van der Waals surface area contributed by atoms with Gasteiger partial charge < -0.3 is 0 Å². The number of aromatic nitrogens is 2. The zero-order valence-corrected chi connectivity index (χ0v) is 14.0. The summed E-state index contributed by atoms with van der Waals surface area (Å²) in [6, 6.07) is 5.33. The van der Waals surface area contributed by atoms with Crippen LogP contribution in [-0.2, 0) is 13.0 Å². The fourth-order valence-electron chi connectivity index (χ4n) is 2.14. The topological polar surface area (TPSA) is 55.9 Å². The molecule has 2 rings (SSSR count). The van der Waals surface area contributed by atoms with Crippen molar-refractivity contribution >= 4 is 39.1 Å². The van der Waals surface area contributed by atoms with Crippen molar-refractivity contribution in [2.75, 3.05) is 0 Å². The van der Waals surface area contributed by atoms with Crippen molar-refractivity contribution in [3.8, 4) is 0 Å². The van der Waals surface area contributed by atoms with Crippen LogP contribution in [0.5, 0.6) is 0 Å². The van der Waals surface area contributed by atoms with Crippen LogP contribution in [0.15, 0.2) is 28.9 Å². The van der Waals surface area contributed by atoms with Gasteiger partial charge in [0.2, 0.25) is 0 Å². The van der Waals surface area contributed by atoms with Crippen LogP contribution in [0.2, 0.25) is 10.0 Å². The van der Waals surface area contributed by atoms with Crippen LogP contribution in [0.4, 0.5) is 0 Å². The first kappa shape index (κ1) is 15.8. The third kappa shape index (κ3) is 3.18. The molecule has 1 heterocycles. The van der Waals surface area contributed by atoms with Gasteiger partial charge in [-0.1, -0.05) is 29.3 Å². The molecule has 108 valence electrons. The van der Waals surface area contributed by atoms with Crippen molar-refractivity contribution in [3.63, 3.8) is 0 Å². The molecule has 4 nitrogen and oxygen atoms in total. The van der Waals surface area contributed by atoms with Crippen LogP contribution < -0.4 is 11.3 Å². The van der Waals surface area contributed by atoms with Crippen LogP contribution in [-0.4, -0.2) is 9.78 Å². The van der Waals surface area contributed by atoms with E-state index in [1.54, 1.807) is 6.20 Å². The second-order valence-electron chi connectivity index (χ2n) is 4.32. The van der Waals surface area contributed by atoms with Gasteiger partial charge >= 0.3 is 0 Å². The summed E-state index contributed by atoms with van der Waals surface area (Å²) < 4.78 is 2.80. The smallest absolute Gasteiger partial charge is 0.0712 e. The van der Waals surface area contributed by atoms with E-state index >= 15 is 0 Å². The minimum absolute atomic E-state index is 0.135. The van der Waals surface area contributed by atoms with E-state index < -0.39 is 0 Å². The number of nitrogens with one attached hydrogen (secondary N) is 1. The largest absolute Gasteiger partial charge is 0.271 e. The van der Waals surface area contributed by atoms with E-state index in [0.717, 1.165) is 22.3 Å². The van der Waals surface area contributed by atoms with Gasteiger partial charge in [-0.15, -0.1) is 0 Å². The molecule has 0 spiro atoms. The molecule has 0 radical (unpaired) electrons. The van der Waals surface area contributed by atoms with E-state index in [-0.39, 0.29) is 6.04 Å². The van der Waals surface area contributed by atoms with Crippen LogP contribution in [0, 0.1) is 0 Å². The lowest BCUT2D eigenvalue weighted by Crippen LogP contribution is -2.31. The minimum atomic E-state index is -0.135. The van der Waals surface area contributed by atoms with E-state index in [9.17, 15) is 0 Å². The molecule has 0 saturated heterocycles. The average Bonchev–Trinajstić information content (AvgIpc) is 2.80. The Morgan fingerprint density at radius 3 is 2.60 bits per heavy atom. The summed E-state index contributed by atoms with van der Waals surface area (Å²) in [4.78, 5) is 0. The first-order valence-electron chi connectivity index (χ1n) is 6.18. The molecule has 7 heteroatoms. The Balaban J connectivity index is 2.36. The maximum absolute atomic E-state index is 6.22. The fourth-order valence-corrected chi connectivity index (χ4v) is 3.26. The molecule has 1 aromatic heterocycles. The Labute approximate surface area is 136 Å². The number of rotatable bonds is 5. The molecule has 0 fully saturated rings. The Morgan fingerprint density at radius 1 is 1.40 bits per heavy atom. The summed E-state index contributed by atoms with van der Waals surface area (Å²) in [5.41, 5.74) is 4.66. The molecule has 0 amide bonds. The molecule has 0 aliphatic heterocycles. The zero-order chi connectivity index (χ0) is 14.7. The van der Waals surface area contributed by atoms with Gasteiger partial charge in [0.05, 0.1) is 22.4 Å². The lowest BCUT2D eigenvalue weighted by atomic mass is 10.0. The Hall–Kier alpha value is -0.590. The maximum Gasteiger partial charge on any atom is 0.0712 e. The quantitative estimate of drug-likeness (QED) is 0.616. The number of nitrogens with zero attached hydrogens (tertiary/aromatic N) is 2. The van der Waals surface area contributed by atoms with Gasteiger partial charge in [0, 0.05) is 16.6 Å². The lowest BCUT2D eigenvalue weighted by molar-refractivity contribution is 0.489. The molecular weight excluding hydrogens is 363 g/mol. The van der Waals surface area contributed by atoms with Crippen molar-refractivity contribution in [2.24, 2.45) is 5.84 Å². The predicted molar refractivity (Wildman–Crippen MR) is 85.8 cm³/mol. The number of halogens is 3. The number of aryl methyl sites for hydroxylation is 1. The number of hydrogen-bond acceptors (Lipinski definition) is 3. The van der Waals surface area contributed by atoms with Gasteiger partial charge in [0.25, 0.3) is 0 Å². The molecule has 0 saturated carbocycles. The molecule has 1 aromatic carbocycles. The molecule has 1 atom stereocenters. The summed E-state index contributed by atoms with van der Waals surface area (Å²) in [7, 11) is 0. The minimum Gasteiger partial charge on any atom is -0.271 e. The average molecular weight is 378 g/mol. The third-order valence-corrected chi connectivity index (χ3v) is 4.45. The number of hydrogen-bond donors (Lipinski definition) is 2. The second-order valence-corrected chi connectivity index (χ2v) is 5.99. The molecule has 20 heavy (non-hydrogen) atoms. The monoisotopic (exact) mass is 376 g/mol. The zero-order valence-electron chi connectivity index (χ0n) is 10.9. The van der Waals surface area contributed by atoms with Crippen LogP contribution in [0.1, 0.15) is 24.2 Å². The molecule has 0 aliphatic carbocycles. The van der Waals surface area contributed by atoms with Gasteiger partial charge in [-0.25, -0.2) is 0 Å². The Bertz CT molecular complexity index is 580. The number of nitrogens with two attached hydrogens (primary N) is 1. The highest BCUT2D eigenvalue weighted by atomic mass is 79.9. The lowest BCUT2D eigenvalue weighted by Gasteiger charge is -2.19. The van der Waals surface area contributed by atoms with E-state index in [0.29, 0.717) is 16.5 Å². The van der Waals surface area contributed by atoms with Crippen LogP contribution in [0.3, 0.4) is 0 Å². The fraction of sp³-hybridized carbons (Fsp3) is 0.308. The first-order chi connectivity index (χ1) is 9.58. The summed E-state index contributed by atoms with van der Waals surface area (Å²) in [5.74, 6) is 5.71. The number of benzene rings is 1. The molecule has 0 bridgehead atoms. The molecular formula is C13H15BrCl2N4. The normalized spacial score (nSPS) is 12.7. The summed E-state index contributed by atoms with van der Waals surface area (Å²) in [6.45, 7) is 2.79. The molecule has 2 aromatic rings. The third-order valence-electron chi connectivity index (χ3n) is 3.13. The summed E-state index contributed by atoms with van der Waals surface area (Å²) in [5, 5.41) is 5.57. The van der Waals surface area contributed by atoms with Crippen molar-refractivity contribution in [1.82, 2.24) is 15.2 Å². The Kier molecular flexibility index (Phi) is 5.46. The highest BCUT2D eigenvalue weighted by molar-refractivity contribution is 9.10. The number of hydrazine groups is 1. The molecule has 0 aliphatic rings. The Morgan fingerprint density at radius 2 is 2.05 bits per heavy atom. The van der Waals surface area contributed by atoms with E-state index in [4.69, 9.17) is 29.0 Å². The summed E-state index contributed by atoms with van der Waals surface area (Å²) in [6.07, 6.45) is 2.34. The van der Waals surface area contributed by atoms with Gasteiger partial charge in [-0.2, -0.15) is 5.10 Å².